The van der Waals surface area contributed by atoms with Crippen molar-refractivity contribution in [2.45, 2.75) is 20.8 Å². The monoisotopic (exact) mass is 223 g/mol. The van der Waals surface area contributed by atoms with Gasteiger partial charge in [-0.2, -0.15) is 0 Å². The van der Waals surface area contributed by atoms with Crippen LogP contribution < -0.4 is 4.90 Å². The second-order valence-corrected chi connectivity index (χ2v) is 4.96. The van der Waals surface area contributed by atoms with E-state index in [-0.39, 0.29) is 11.1 Å². The first-order valence-electron chi connectivity index (χ1n) is 5.07. The van der Waals surface area contributed by atoms with E-state index in [1.165, 1.54) is 12.3 Å². The number of carboxylic acids is 1. The maximum absolute atomic E-state index is 10.8. The van der Waals surface area contributed by atoms with Crippen LogP contribution in [0.25, 0.3) is 0 Å². The van der Waals surface area contributed by atoms with Crippen LogP contribution >= 0.6 is 0 Å². The zero-order valence-electron chi connectivity index (χ0n) is 10.1. The molecule has 0 atom stereocenters. The smallest absolute Gasteiger partial charge is 0.354 e. The normalized spacial score (nSPS) is 11.2. The van der Waals surface area contributed by atoms with Crippen LogP contribution in [0.4, 0.5) is 5.95 Å². The van der Waals surface area contributed by atoms with Gasteiger partial charge in [-0.25, -0.2) is 14.8 Å². The Morgan fingerprint density at radius 1 is 1.50 bits per heavy atom. The van der Waals surface area contributed by atoms with Crippen LogP contribution in [0.1, 0.15) is 31.3 Å². The van der Waals surface area contributed by atoms with Crippen molar-refractivity contribution >= 4 is 11.9 Å². The van der Waals surface area contributed by atoms with E-state index in [1.54, 1.807) is 0 Å². The van der Waals surface area contributed by atoms with Gasteiger partial charge >= 0.3 is 5.97 Å². The van der Waals surface area contributed by atoms with Gasteiger partial charge in [0, 0.05) is 19.8 Å². The van der Waals surface area contributed by atoms with E-state index in [1.807, 2.05) is 11.9 Å². The minimum Gasteiger partial charge on any atom is -0.477 e. The molecular weight excluding hydrogens is 206 g/mol. The largest absolute Gasteiger partial charge is 0.477 e. The number of hydrogen-bond acceptors (Lipinski definition) is 4. The van der Waals surface area contributed by atoms with Gasteiger partial charge in [0.05, 0.1) is 0 Å². The number of nitrogens with zero attached hydrogens (tertiary/aromatic N) is 3. The molecule has 1 N–H and O–H groups in total. The number of aromatic carboxylic acids is 1. The molecule has 88 valence electrons. The number of aromatic nitrogens is 2. The van der Waals surface area contributed by atoms with E-state index in [0.29, 0.717) is 5.95 Å². The summed E-state index contributed by atoms with van der Waals surface area (Å²) in [6.45, 7) is 7.07. The summed E-state index contributed by atoms with van der Waals surface area (Å²) in [6.07, 6.45) is 1.46. The molecule has 0 radical (unpaired) electrons. The van der Waals surface area contributed by atoms with Gasteiger partial charge in [-0.05, 0) is 11.5 Å². The molecule has 0 saturated heterocycles. The molecule has 0 aromatic carbocycles. The minimum absolute atomic E-state index is 0.0192. The standard InChI is InChI=1S/C11H17N3O2/c1-11(2,3)7-14(4)10-12-6-5-8(13-10)9(15)16/h5-6H,7H2,1-4H3,(H,15,16). The van der Waals surface area contributed by atoms with E-state index in [9.17, 15) is 4.79 Å². The summed E-state index contributed by atoms with van der Waals surface area (Å²) in [7, 11) is 1.85. The summed E-state index contributed by atoms with van der Waals surface area (Å²) in [5, 5.41) is 8.81. The van der Waals surface area contributed by atoms with Crippen molar-refractivity contribution in [3.63, 3.8) is 0 Å². The first-order chi connectivity index (χ1) is 7.29. The Morgan fingerprint density at radius 2 is 2.12 bits per heavy atom. The molecule has 0 unspecified atom stereocenters. The molecule has 1 rings (SSSR count). The SMILES string of the molecule is CN(CC(C)(C)C)c1nccc(C(=O)O)n1. The Morgan fingerprint density at radius 3 is 2.62 bits per heavy atom. The molecule has 0 bridgehead atoms. The van der Waals surface area contributed by atoms with Crippen molar-refractivity contribution < 1.29 is 9.90 Å². The second kappa shape index (κ2) is 4.47. The van der Waals surface area contributed by atoms with Gasteiger partial charge in [0.1, 0.15) is 0 Å². The molecule has 0 aliphatic heterocycles. The molecule has 0 saturated carbocycles. The zero-order valence-corrected chi connectivity index (χ0v) is 10.1. The first kappa shape index (κ1) is 12.4. The maximum Gasteiger partial charge on any atom is 0.354 e. The zero-order chi connectivity index (χ0) is 12.3. The number of rotatable bonds is 3. The molecule has 0 aliphatic carbocycles. The van der Waals surface area contributed by atoms with Gasteiger partial charge in [0.25, 0.3) is 0 Å². The van der Waals surface area contributed by atoms with Crippen molar-refractivity contribution in [1.82, 2.24) is 9.97 Å². The summed E-state index contributed by atoms with van der Waals surface area (Å²) in [5.41, 5.74) is 0.128. The Balaban J connectivity index is 2.87. The third-order valence-corrected chi connectivity index (χ3v) is 1.91. The number of hydrogen-bond donors (Lipinski definition) is 1. The highest BCUT2D eigenvalue weighted by Gasteiger charge is 2.16. The molecule has 0 fully saturated rings. The number of anilines is 1. The fourth-order valence-electron chi connectivity index (χ4n) is 1.43. The van der Waals surface area contributed by atoms with Crippen LogP contribution in [0.15, 0.2) is 12.3 Å². The Hall–Kier alpha value is -1.65. The number of carbonyl (C=O) groups is 1. The topological polar surface area (TPSA) is 66.3 Å². The van der Waals surface area contributed by atoms with Crippen molar-refractivity contribution in [2.24, 2.45) is 5.41 Å². The third kappa shape index (κ3) is 3.49. The molecule has 0 aliphatic rings. The highest BCUT2D eigenvalue weighted by molar-refractivity contribution is 5.85. The maximum atomic E-state index is 10.8. The van der Waals surface area contributed by atoms with Crippen molar-refractivity contribution in [3.8, 4) is 0 Å². The van der Waals surface area contributed by atoms with Crippen LogP contribution in [-0.4, -0.2) is 34.6 Å². The van der Waals surface area contributed by atoms with Gasteiger partial charge < -0.3 is 10.0 Å². The van der Waals surface area contributed by atoms with Crippen LogP contribution in [0, 0.1) is 5.41 Å². The molecule has 1 heterocycles. The van der Waals surface area contributed by atoms with Gasteiger partial charge in [-0.1, -0.05) is 20.8 Å². The summed E-state index contributed by atoms with van der Waals surface area (Å²) >= 11 is 0. The van der Waals surface area contributed by atoms with Gasteiger partial charge in [-0.3, -0.25) is 0 Å². The molecule has 5 heteroatoms. The van der Waals surface area contributed by atoms with Crippen LogP contribution in [-0.2, 0) is 0 Å². The Bertz CT molecular complexity index is 385. The van der Waals surface area contributed by atoms with Gasteiger partial charge in [0.2, 0.25) is 5.95 Å². The lowest BCUT2D eigenvalue weighted by Gasteiger charge is -2.26. The molecule has 0 amide bonds. The van der Waals surface area contributed by atoms with Crippen molar-refractivity contribution in [3.05, 3.63) is 18.0 Å². The van der Waals surface area contributed by atoms with E-state index < -0.39 is 5.97 Å². The summed E-state index contributed by atoms with van der Waals surface area (Å²) in [6, 6.07) is 1.39. The van der Waals surface area contributed by atoms with E-state index in [2.05, 4.69) is 30.7 Å². The molecule has 1 aromatic heterocycles. The Labute approximate surface area is 95.1 Å². The molecule has 5 nitrogen and oxygen atoms in total. The fourth-order valence-corrected chi connectivity index (χ4v) is 1.43. The molecule has 16 heavy (non-hydrogen) atoms. The summed E-state index contributed by atoms with van der Waals surface area (Å²) in [5.74, 6) is -0.595. The van der Waals surface area contributed by atoms with Crippen LogP contribution in [0.2, 0.25) is 0 Å². The number of carboxylic acid groups (broad SMARTS) is 1. The lowest BCUT2D eigenvalue weighted by atomic mass is 9.96. The van der Waals surface area contributed by atoms with E-state index in [0.717, 1.165) is 6.54 Å². The van der Waals surface area contributed by atoms with Crippen molar-refractivity contribution in [1.29, 1.82) is 0 Å². The van der Waals surface area contributed by atoms with Gasteiger partial charge in [0.15, 0.2) is 5.69 Å². The highest BCUT2D eigenvalue weighted by atomic mass is 16.4. The summed E-state index contributed by atoms with van der Waals surface area (Å²) < 4.78 is 0. The lowest BCUT2D eigenvalue weighted by Crippen LogP contribution is -2.30. The first-order valence-corrected chi connectivity index (χ1v) is 5.07. The second-order valence-electron chi connectivity index (χ2n) is 4.96. The molecular formula is C11H17N3O2. The average Bonchev–Trinajstić information content (AvgIpc) is 2.15. The third-order valence-electron chi connectivity index (χ3n) is 1.91. The van der Waals surface area contributed by atoms with Gasteiger partial charge in [-0.15, -0.1) is 0 Å². The Kier molecular flexibility index (Phi) is 3.47. The highest BCUT2D eigenvalue weighted by Crippen LogP contribution is 2.17. The van der Waals surface area contributed by atoms with E-state index >= 15 is 0 Å². The van der Waals surface area contributed by atoms with Crippen molar-refractivity contribution in [2.75, 3.05) is 18.5 Å². The predicted octanol–water partition coefficient (Wildman–Crippen LogP) is 1.66. The van der Waals surface area contributed by atoms with Crippen LogP contribution in [0.3, 0.4) is 0 Å². The predicted molar refractivity (Wildman–Crippen MR) is 61.7 cm³/mol. The fraction of sp³-hybridized carbons (Fsp3) is 0.545. The average molecular weight is 223 g/mol. The molecule has 0 spiro atoms. The minimum atomic E-state index is -1.03. The van der Waals surface area contributed by atoms with E-state index in [4.69, 9.17) is 5.11 Å². The quantitative estimate of drug-likeness (QED) is 0.844. The molecule has 1 aromatic rings. The lowest BCUT2D eigenvalue weighted by molar-refractivity contribution is 0.0690. The summed E-state index contributed by atoms with van der Waals surface area (Å²) in [4.78, 5) is 20.6. The van der Waals surface area contributed by atoms with Crippen LogP contribution in [0.5, 0.6) is 0 Å².